The van der Waals surface area contributed by atoms with Crippen LogP contribution in [0.15, 0.2) is 30.3 Å². The average molecular weight is 312 g/mol. The Labute approximate surface area is 127 Å². The fraction of sp³-hybridized carbons (Fsp3) is 0.533. The van der Waals surface area contributed by atoms with Crippen molar-refractivity contribution in [3.05, 3.63) is 35.9 Å². The summed E-state index contributed by atoms with van der Waals surface area (Å²) in [6, 6.07) is 8.05. The van der Waals surface area contributed by atoms with E-state index in [1.807, 2.05) is 26.8 Å². The van der Waals surface area contributed by atoms with Crippen molar-refractivity contribution in [2.24, 2.45) is 0 Å². The van der Waals surface area contributed by atoms with Crippen LogP contribution >= 0.6 is 0 Å². The predicted molar refractivity (Wildman–Crippen MR) is 84.3 cm³/mol. The molecule has 0 bridgehead atoms. The highest BCUT2D eigenvalue weighted by Crippen LogP contribution is 2.23. The number of carbonyl (C=O) groups excluding carboxylic acids is 1. The molecule has 0 heterocycles. The number of rotatable bonds is 6. The molecule has 1 amide bonds. The maximum absolute atomic E-state index is 12.6. The lowest BCUT2D eigenvalue weighted by Gasteiger charge is -2.31. The van der Waals surface area contributed by atoms with Crippen LogP contribution in [-0.2, 0) is 14.8 Å². The van der Waals surface area contributed by atoms with E-state index in [2.05, 4.69) is 5.32 Å². The molecular weight excluding hydrogens is 288 g/mol. The summed E-state index contributed by atoms with van der Waals surface area (Å²) in [6.45, 7) is 5.79. The lowest BCUT2D eigenvalue weighted by atomic mass is 9.99. The summed E-state index contributed by atoms with van der Waals surface area (Å²) >= 11 is 0. The van der Waals surface area contributed by atoms with Gasteiger partial charge >= 0.3 is 0 Å². The van der Waals surface area contributed by atoms with E-state index in [1.165, 1.54) is 7.05 Å². The van der Waals surface area contributed by atoms with Crippen molar-refractivity contribution in [1.29, 1.82) is 0 Å². The highest BCUT2D eigenvalue weighted by Gasteiger charge is 2.33. The second-order valence-corrected chi connectivity index (χ2v) is 7.86. The third kappa shape index (κ3) is 4.82. The molecule has 1 N–H and O–H groups in total. The van der Waals surface area contributed by atoms with E-state index in [0.29, 0.717) is 5.56 Å². The van der Waals surface area contributed by atoms with E-state index in [4.69, 9.17) is 0 Å². The molecule has 0 fully saturated rings. The van der Waals surface area contributed by atoms with Crippen LogP contribution in [0.5, 0.6) is 0 Å². The van der Waals surface area contributed by atoms with Crippen LogP contribution in [0.25, 0.3) is 0 Å². The lowest BCUT2D eigenvalue weighted by molar-refractivity contribution is -0.126. The lowest BCUT2D eigenvalue weighted by Crippen LogP contribution is -2.49. The van der Waals surface area contributed by atoms with Gasteiger partial charge < -0.3 is 5.32 Å². The summed E-state index contributed by atoms with van der Waals surface area (Å²) in [6.07, 6.45) is 1.85. The van der Waals surface area contributed by atoms with Gasteiger partial charge in [0, 0.05) is 12.6 Å². The highest BCUT2D eigenvalue weighted by molar-refractivity contribution is 7.88. The molecule has 1 aromatic carbocycles. The Morgan fingerprint density at radius 1 is 1.29 bits per heavy atom. The molecule has 0 saturated heterocycles. The highest BCUT2D eigenvalue weighted by atomic mass is 32.2. The van der Waals surface area contributed by atoms with Crippen molar-refractivity contribution >= 4 is 15.9 Å². The SMILES string of the molecule is CCC(C)(C)NC(=O)[C@H](c1ccccc1)N(C)S(C)(=O)=O. The summed E-state index contributed by atoms with van der Waals surface area (Å²) in [5.74, 6) is -0.319. The minimum Gasteiger partial charge on any atom is -0.350 e. The Kier molecular flexibility index (Phi) is 5.53. The first-order valence-corrected chi connectivity index (χ1v) is 8.73. The molecule has 0 aliphatic rings. The van der Waals surface area contributed by atoms with E-state index in [1.54, 1.807) is 24.3 Å². The van der Waals surface area contributed by atoms with Gasteiger partial charge in [-0.05, 0) is 25.8 Å². The second-order valence-electron chi connectivity index (χ2n) is 5.82. The predicted octanol–water partition coefficient (Wildman–Crippen LogP) is 1.92. The largest absolute Gasteiger partial charge is 0.350 e. The van der Waals surface area contributed by atoms with Crippen molar-refractivity contribution in [3.63, 3.8) is 0 Å². The van der Waals surface area contributed by atoms with Gasteiger partial charge in [-0.3, -0.25) is 4.79 Å². The first-order chi connectivity index (χ1) is 9.58. The number of hydrogen-bond donors (Lipinski definition) is 1. The van der Waals surface area contributed by atoms with Gasteiger partial charge in [0.15, 0.2) is 0 Å². The van der Waals surface area contributed by atoms with Crippen LogP contribution in [0.2, 0.25) is 0 Å². The molecule has 1 aromatic rings. The Morgan fingerprint density at radius 2 is 1.81 bits per heavy atom. The first-order valence-electron chi connectivity index (χ1n) is 6.88. The number of sulfonamides is 1. The standard InChI is InChI=1S/C15H24N2O3S/c1-6-15(2,3)16-14(18)13(17(4)21(5,19)20)12-10-8-7-9-11-12/h7-11,13H,6H2,1-5H3,(H,16,18)/t13-/m0/s1. The molecule has 0 aliphatic heterocycles. The van der Waals surface area contributed by atoms with Crippen LogP contribution < -0.4 is 5.32 Å². The fourth-order valence-corrected chi connectivity index (χ4v) is 2.44. The quantitative estimate of drug-likeness (QED) is 0.873. The number of benzene rings is 1. The van der Waals surface area contributed by atoms with Crippen LogP contribution in [0, 0.1) is 0 Å². The molecule has 0 unspecified atom stereocenters. The van der Waals surface area contributed by atoms with E-state index >= 15 is 0 Å². The smallest absolute Gasteiger partial charge is 0.243 e. The van der Waals surface area contributed by atoms with Crippen molar-refractivity contribution < 1.29 is 13.2 Å². The number of carbonyl (C=O) groups is 1. The molecule has 0 saturated carbocycles. The molecule has 0 aromatic heterocycles. The molecule has 6 heteroatoms. The van der Waals surface area contributed by atoms with Crippen molar-refractivity contribution in [2.45, 2.75) is 38.8 Å². The Bertz CT molecular complexity index is 582. The van der Waals surface area contributed by atoms with Crippen molar-refractivity contribution in [1.82, 2.24) is 9.62 Å². The van der Waals surface area contributed by atoms with Crippen LogP contribution in [-0.4, -0.2) is 37.5 Å². The van der Waals surface area contributed by atoms with Crippen LogP contribution in [0.3, 0.4) is 0 Å². The molecule has 0 spiro atoms. The zero-order valence-electron chi connectivity index (χ0n) is 13.3. The fourth-order valence-electron chi connectivity index (χ4n) is 1.84. The van der Waals surface area contributed by atoms with Gasteiger partial charge in [-0.2, -0.15) is 4.31 Å². The number of nitrogens with zero attached hydrogens (tertiary/aromatic N) is 1. The van der Waals surface area contributed by atoms with Gasteiger partial charge in [0.05, 0.1) is 6.26 Å². The monoisotopic (exact) mass is 312 g/mol. The molecule has 5 nitrogen and oxygen atoms in total. The van der Waals surface area contributed by atoms with Gasteiger partial charge in [0.25, 0.3) is 0 Å². The van der Waals surface area contributed by atoms with Gasteiger partial charge in [-0.25, -0.2) is 8.42 Å². The molecule has 118 valence electrons. The van der Waals surface area contributed by atoms with Crippen molar-refractivity contribution in [2.75, 3.05) is 13.3 Å². The number of hydrogen-bond acceptors (Lipinski definition) is 3. The number of nitrogens with one attached hydrogen (secondary N) is 1. The van der Waals surface area contributed by atoms with Gasteiger partial charge in [-0.1, -0.05) is 37.3 Å². The average Bonchev–Trinajstić information content (AvgIpc) is 2.38. The molecule has 0 aliphatic carbocycles. The molecular formula is C15H24N2O3S. The van der Waals surface area contributed by atoms with E-state index in [0.717, 1.165) is 17.0 Å². The topological polar surface area (TPSA) is 66.5 Å². The van der Waals surface area contributed by atoms with Gasteiger partial charge in [0.2, 0.25) is 15.9 Å². The zero-order chi connectivity index (χ0) is 16.3. The minimum absolute atomic E-state index is 0.319. The van der Waals surface area contributed by atoms with Gasteiger partial charge in [-0.15, -0.1) is 0 Å². The second kappa shape index (κ2) is 6.58. The number of amides is 1. The summed E-state index contributed by atoms with van der Waals surface area (Å²) in [7, 11) is -2.06. The van der Waals surface area contributed by atoms with E-state index in [-0.39, 0.29) is 11.4 Å². The minimum atomic E-state index is -3.49. The third-order valence-electron chi connectivity index (χ3n) is 3.60. The summed E-state index contributed by atoms with van der Waals surface area (Å²) in [5.41, 5.74) is 0.262. The summed E-state index contributed by atoms with van der Waals surface area (Å²) in [4.78, 5) is 12.6. The van der Waals surface area contributed by atoms with E-state index < -0.39 is 16.1 Å². The molecule has 21 heavy (non-hydrogen) atoms. The molecule has 0 radical (unpaired) electrons. The first kappa shape index (κ1) is 17.7. The number of likely N-dealkylation sites (N-methyl/N-ethyl adjacent to an activating group) is 1. The van der Waals surface area contributed by atoms with Gasteiger partial charge in [0.1, 0.15) is 6.04 Å². The maximum Gasteiger partial charge on any atom is 0.243 e. The summed E-state index contributed by atoms with van der Waals surface area (Å²) in [5, 5.41) is 2.91. The zero-order valence-corrected chi connectivity index (χ0v) is 14.1. The maximum atomic E-state index is 12.6. The summed E-state index contributed by atoms with van der Waals surface area (Å²) < 4.78 is 24.8. The Hall–Kier alpha value is -1.40. The molecule has 1 atom stereocenters. The Balaban J connectivity index is 3.18. The van der Waals surface area contributed by atoms with Crippen LogP contribution in [0.1, 0.15) is 38.8 Å². The van der Waals surface area contributed by atoms with Crippen LogP contribution in [0.4, 0.5) is 0 Å². The Morgan fingerprint density at radius 3 is 2.24 bits per heavy atom. The normalized spacial score (nSPS) is 14.0. The molecule has 1 rings (SSSR count). The van der Waals surface area contributed by atoms with E-state index in [9.17, 15) is 13.2 Å². The van der Waals surface area contributed by atoms with Crippen molar-refractivity contribution in [3.8, 4) is 0 Å². The third-order valence-corrected chi connectivity index (χ3v) is 4.85.